The highest BCUT2D eigenvalue weighted by molar-refractivity contribution is 7.92. The van der Waals surface area contributed by atoms with E-state index in [0.29, 0.717) is 22.7 Å². The highest BCUT2D eigenvalue weighted by Gasteiger charge is 2.21. The first-order chi connectivity index (χ1) is 16.1. The molecule has 0 bridgehead atoms. The van der Waals surface area contributed by atoms with E-state index >= 15 is 0 Å². The third kappa shape index (κ3) is 5.51. The van der Waals surface area contributed by atoms with Crippen molar-refractivity contribution in [2.24, 2.45) is 0 Å². The number of anilines is 1. The van der Waals surface area contributed by atoms with E-state index in [0.717, 1.165) is 16.7 Å². The highest BCUT2D eigenvalue weighted by Crippen LogP contribution is 2.30. The van der Waals surface area contributed by atoms with Gasteiger partial charge in [0.25, 0.3) is 15.9 Å². The van der Waals surface area contributed by atoms with Crippen LogP contribution in [0.2, 0.25) is 0 Å². The minimum Gasteiger partial charge on any atom is -0.497 e. The van der Waals surface area contributed by atoms with Crippen molar-refractivity contribution in [3.05, 3.63) is 82.4 Å². The topological polar surface area (TPSA) is 93.7 Å². The molecule has 1 atom stereocenters. The summed E-state index contributed by atoms with van der Waals surface area (Å²) >= 11 is 0. The molecule has 0 saturated heterocycles. The molecule has 1 amide bonds. The van der Waals surface area contributed by atoms with Gasteiger partial charge in [0.05, 0.1) is 25.2 Å². The van der Waals surface area contributed by atoms with Gasteiger partial charge in [-0.2, -0.15) is 0 Å². The fourth-order valence-electron chi connectivity index (χ4n) is 3.58. The van der Waals surface area contributed by atoms with E-state index in [9.17, 15) is 13.2 Å². The summed E-state index contributed by atoms with van der Waals surface area (Å²) in [4.78, 5) is 13.1. The van der Waals surface area contributed by atoms with E-state index < -0.39 is 22.0 Å². The molecule has 0 heterocycles. The first kappa shape index (κ1) is 25.1. The summed E-state index contributed by atoms with van der Waals surface area (Å²) in [5.74, 6) is 0.844. The van der Waals surface area contributed by atoms with Crippen LogP contribution in [0.5, 0.6) is 11.5 Å². The van der Waals surface area contributed by atoms with Gasteiger partial charge in [0.15, 0.2) is 0 Å². The molecule has 8 heteroatoms. The molecular formula is C26H30N2O5S. The molecule has 7 nitrogen and oxygen atoms in total. The number of rotatable bonds is 8. The van der Waals surface area contributed by atoms with Crippen LogP contribution in [0, 0.1) is 20.8 Å². The highest BCUT2D eigenvalue weighted by atomic mass is 32.2. The second kappa shape index (κ2) is 10.2. The van der Waals surface area contributed by atoms with Gasteiger partial charge in [-0.1, -0.05) is 12.1 Å². The van der Waals surface area contributed by atoms with Crippen LogP contribution in [-0.4, -0.2) is 28.5 Å². The smallest absolute Gasteiger partial charge is 0.262 e. The predicted octanol–water partition coefficient (Wildman–Crippen LogP) is 4.92. The number of sulfonamides is 1. The summed E-state index contributed by atoms with van der Waals surface area (Å²) in [6.07, 6.45) is 0. The molecule has 0 aliphatic carbocycles. The molecule has 34 heavy (non-hydrogen) atoms. The zero-order valence-corrected chi connectivity index (χ0v) is 21.0. The number of amides is 1. The van der Waals surface area contributed by atoms with Crippen molar-refractivity contribution in [2.75, 3.05) is 18.9 Å². The lowest BCUT2D eigenvalue weighted by molar-refractivity contribution is 0.0939. The Hall–Kier alpha value is -3.52. The number of nitrogens with one attached hydrogen (secondary N) is 2. The summed E-state index contributed by atoms with van der Waals surface area (Å²) in [5, 5.41) is 2.91. The SMILES string of the molecule is COc1ccc(OC)c([C@@H](C)NC(=O)c2ccc(C)c(S(=O)(=O)Nc3ccc(C)c(C)c3)c2)c1. The molecule has 3 rings (SSSR count). The van der Waals surface area contributed by atoms with E-state index in [1.54, 1.807) is 63.6 Å². The van der Waals surface area contributed by atoms with Gasteiger partial charge in [-0.25, -0.2) is 8.42 Å². The summed E-state index contributed by atoms with van der Waals surface area (Å²) in [6, 6.07) is 14.9. The Morgan fingerprint density at radius 3 is 2.21 bits per heavy atom. The second-order valence-corrected chi connectivity index (χ2v) is 9.84. The van der Waals surface area contributed by atoms with Gasteiger partial charge in [-0.15, -0.1) is 0 Å². The fourth-order valence-corrected chi connectivity index (χ4v) is 4.90. The molecule has 180 valence electrons. The largest absolute Gasteiger partial charge is 0.497 e. The minimum atomic E-state index is -3.90. The van der Waals surface area contributed by atoms with Gasteiger partial charge in [0.1, 0.15) is 11.5 Å². The normalized spacial score (nSPS) is 12.1. The van der Waals surface area contributed by atoms with Gasteiger partial charge in [0, 0.05) is 16.8 Å². The Bertz CT molecular complexity index is 1320. The van der Waals surface area contributed by atoms with Crippen molar-refractivity contribution in [3.63, 3.8) is 0 Å². The van der Waals surface area contributed by atoms with E-state index in [-0.39, 0.29) is 10.5 Å². The summed E-state index contributed by atoms with van der Waals surface area (Å²) in [7, 11) is -0.777. The monoisotopic (exact) mass is 482 g/mol. The minimum absolute atomic E-state index is 0.0463. The molecule has 0 spiro atoms. The Morgan fingerprint density at radius 1 is 0.853 bits per heavy atom. The molecule has 3 aromatic rings. The van der Waals surface area contributed by atoms with Gasteiger partial charge < -0.3 is 14.8 Å². The Kier molecular flexibility index (Phi) is 7.51. The van der Waals surface area contributed by atoms with Gasteiger partial charge in [0.2, 0.25) is 0 Å². The van der Waals surface area contributed by atoms with Crippen LogP contribution in [0.1, 0.15) is 45.6 Å². The van der Waals surface area contributed by atoms with Crippen LogP contribution >= 0.6 is 0 Å². The predicted molar refractivity (Wildman–Crippen MR) is 133 cm³/mol. The van der Waals surface area contributed by atoms with Crippen LogP contribution in [0.25, 0.3) is 0 Å². The lowest BCUT2D eigenvalue weighted by Crippen LogP contribution is -2.27. The number of ether oxygens (including phenoxy) is 2. The fraction of sp³-hybridized carbons (Fsp3) is 0.269. The van der Waals surface area contributed by atoms with Crippen LogP contribution < -0.4 is 19.5 Å². The van der Waals surface area contributed by atoms with Crippen LogP contribution in [0.15, 0.2) is 59.5 Å². The number of methoxy groups -OCH3 is 2. The molecule has 0 aliphatic heterocycles. The molecule has 0 aromatic heterocycles. The lowest BCUT2D eigenvalue weighted by Gasteiger charge is -2.19. The lowest BCUT2D eigenvalue weighted by atomic mass is 10.1. The first-order valence-corrected chi connectivity index (χ1v) is 12.3. The van der Waals surface area contributed by atoms with Crippen LogP contribution in [-0.2, 0) is 10.0 Å². The van der Waals surface area contributed by atoms with E-state index in [1.165, 1.54) is 6.07 Å². The quantitative estimate of drug-likeness (QED) is 0.475. The van der Waals surface area contributed by atoms with Crippen molar-refractivity contribution >= 4 is 21.6 Å². The Labute approximate surface area is 201 Å². The Morgan fingerprint density at radius 2 is 1.56 bits per heavy atom. The maximum absolute atomic E-state index is 13.1. The molecule has 0 radical (unpaired) electrons. The average Bonchev–Trinajstić information content (AvgIpc) is 2.80. The number of carbonyl (C=O) groups is 1. The average molecular weight is 483 g/mol. The molecule has 2 N–H and O–H groups in total. The number of carbonyl (C=O) groups excluding carboxylic acids is 1. The third-order valence-electron chi connectivity index (χ3n) is 5.75. The maximum atomic E-state index is 13.1. The van der Waals surface area contributed by atoms with Crippen molar-refractivity contribution in [3.8, 4) is 11.5 Å². The van der Waals surface area contributed by atoms with Crippen molar-refractivity contribution < 1.29 is 22.7 Å². The number of benzene rings is 3. The third-order valence-corrected chi connectivity index (χ3v) is 7.27. The molecule has 0 aliphatic rings. The molecule has 0 fully saturated rings. The van der Waals surface area contributed by atoms with Crippen molar-refractivity contribution in [1.29, 1.82) is 0 Å². The second-order valence-electron chi connectivity index (χ2n) is 8.19. The zero-order chi connectivity index (χ0) is 25.0. The molecule has 0 saturated carbocycles. The van der Waals surface area contributed by atoms with Gasteiger partial charge in [-0.05, 0) is 86.8 Å². The van der Waals surface area contributed by atoms with E-state index in [1.807, 2.05) is 26.8 Å². The van der Waals surface area contributed by atoms with Gasteiger partial charge >= 0.3 is 0 Å². The molecule has 3 aromatic carbocycles. The van der Waals surface area contributed by atoms with Crippen molar-refractivity contribution in [2.45, 2.75) is 38.6 Å². The van der Waals surface area contributed by atoms with Crippen LogP contribution in [0.3, 0.4) is 0 Å². The Balaban J connectivity index is 1.86. The maximum Gasteiger partial charge on any atom is 0.262 e. The number of aryl methyl sites for hydroxylation is 3. The summed E-state index contributed by atoms with van der Waals surface area (Å²) in [5.41, 5.74) is 4.03. The first-order valence-electron chi connectivity index (χ1n) is 10.8. The zero-order valence-electron chi connectivity index (χ0n) is 20.2. The number of hydrogen-bond donors (Lipinski definition) is 2. The van der Waals surface area contributed by atoms with Crippen molar-refractivity contribution in [1.82, 2.24) is 5.32 Å². The van der Waals surface area contributed by atoms with Gasteiger partial charge in [-0.3, -0.25) is 9.52 Å². The van der Waals surface area contributed by atoms with Crippen LogP contribution in [0.4, 0.5) is 5.69 Å². The molecular weight excluding hydrogens is 452 g/mol. The van der Waals surface area contributed by atoms with E-state index in [2.05, 4.69) is 10.0 Å². The molecule has 0 unspecified atom stereocenters. The van der Waals surface area contributed by atoms with E-state index in [4.69, 9.17) is 9.47 Å². The number of hydrogen-bond acceptors (Lipinski definition) is 5. The summed E-state index contributed by atoms with van der Waals surface area (Å²) in [6.45, 7) is 7.40. The standard InChI is InChI=1S/C26H30N2O5S/c1-16-8-10-21(13-18(16)3)28-34(30,31)25-14-20(9-7-17(25)2)26(29)27-19(4)23-15-22(32-5)11-12-24(23)33-6/h7-15,19,28H,1-6H3,(H,27,29)/t19-/m1/s1. The summed E-state index contributed by atoms with van der Waals surface area (Å²) < 4.78 is 39.5.